The third-order valence-corrected chi connectivity index (χ3v) is 6.37. The Morgan fingerprint density at radius 1 is 1.15 bits per heavy atom. The molecule has 1 aliphatic carbocycles. The van der Waals surface area contributed by atoms with Crippen LogP contribution in [0.25, 0.3) is 0 Å². The molecule has 1 aliphatic heterocycles. The Bertz CT molecular complexity index is 1010. The van der Waals surface area contributed by atoms with Crippen molar-refractivity contribution in [2.45, 2.75) is 33.1 Å². The van der Waals surface area contributed by atoms with Crippen molar-refractivity contribution in [2.24, 2.45) is 11.8 Å². The van der Waals surface area contributed by atoms with Gasteiger partial charge in [-0.1, -0.05) is 19.1 Å². The number of anilines is 1. The highest BCUT2D eigenvalue weighted by atomic mass is 16.6. The summed E-state index contributed by atoms with van der Waals surface area (Å²) in [6.07, 6.45) is 0.497. The van der Waals surface area contributed by atoms with Crippen molar-refractivity contribution < 1.29 is 28.6 Å². The van der Waals surface area contributed by atoms with Gasteiger partial charge in [0, 0.05) is 49.3 Å². The highest BCUT2D eigenvalue weighted by Gasteiger charge is 2.47. The Morgan fingerprint density at radius 2 is 1.82 bits per heavy atom. The van der Waals surface area contributed by atoms with Crippen molar-refractivity contribution in [1.29, 1.82) is 0 Å². The molecule has 3 rings (SSSR count). The molecule has 1 heterocycles. The minimum absolute atomic E-state index is 0.109. The number of dihydropyridines is 1. The highest BCUT2D eigenvalue weighted by molar-refractivity contribution is 6.12. The molecule has 0 spiro atoms. The molecule has 3 atom stereocenters. The average Bonchev–Trinajstić information content (AvgIpc) is 2.80. The van der Waals surface area contributed by atoms with Gasteiger partial charge in [0.05, 0.1) is 19.3 Å². The van der Waals surface area contributed by atoms with Crippen LogP contribution < -0.4 is 10.2 Å². The summed E-state index contributed by atoms with van der Waals surface area (Å²) in [4.78, 5) is 41.4. The zero-order valence-electron chi connectivity index (χ0n) is 20.8. The second-order valence-corrected chi connectivity index (χ2v) is 8.85. The maximum atomic E-state index is 13.7. The Kier molecular flexibility index (Phi) is 8.15. The van der Waals surface area contributed by atoms with Crippen molar-refractivity contribution in [2.75, 3.05) is 45.9 Å². The number of methoxy groups -OCH3 is 1. The summed E-state index contributed by atoms with van der Waals surface area (Å²) in [5, 5.41) is 3.26. The maximum Gasteiger partial charge on any atom is 0.336 e. The van der Waals surface area contributed by atoms with E-state index in [-0.39, 0.29) is 18.3 Å². The fourth-order valence-electron chi connectivity index (χ4n) is 4.66. The Morgan fingerprint density at radius 3 is 2.41 bits per heavy atom. The summed E-state index contributed by atoms with van der Waals surface area (Å²) in [6, 6.07) is 7.71. The van der Waals surface area contributed by atoms with Crippen molar-refractivity contribution in [1.82, 2.24) is 5.32 Å². The van der Waals surface area contributed by atoms with Gasteiger partial charge in [-0.3, -0.25) is 9.59 Å². The topological polar surface area (TPSA) is 94.2 Å². The largest absolute Gasteiger partial charge is 0.468 e. The maximum absolute atomic E-state index is 13.7. The molecule has 0 fully saturated rings. The van der Waals surface area contributed by atoms with Gasteiger partial charge in [0.2, 0.25) is 0 Å². The van der Waals surface area contributed by atoms with Gasteiger partial charge >= 0.3 is 11.9 Å². The van der Waals surface area contributed by atoms with E-state index in [1.807, 2.05) is 64.0 Å². The predicted octanol–water partition coefficient (Wildman–Crippen LogP) is 2.95. The molecule has 0 saturated heterocycles. The lowest BCUT2D eigenvalue weighted by atomic mass is 9.69. The first kappa shape index (κ1) is 25.5. The highest BCUT2D eigenvalue weighted by Crippen LogP contribution is 2.45. The summed E-state index contributed by atoms with van der Waals surface area (Å²) < 4.78 is 15.7. The number of hydrogen-bond acceptors (Lipinski definition) is 8. The van der Waals surface area contributed by atoms with Gasteiger partial charge in [-0.25, -0.2) is 4.79 Å². The van der Waals surface area contributed by atoms with Crippen molar-refractivity contribution in [3.8, 4) is 0 Å². The molecular formula is C26H34N2O6. The molecule has 1 aromatic carbocycles. The van der Waals surface area contributed by atoms with Gasteiger partial charge in [0.15, 0.2) is 5.78 Å². The normalized spacial score (nSPS) is 22.2. The van der Waals surface area contributed by atoms with E-state index in [1.54, 1.807) is 0 Å². The van der Waals surface area contributed by atoms with Gasteiger partial charge in [0.1, 0.15) is 12.5 Å². The lowest BCUT2D eigenvalue weighted by Crippen LogP contribution is -2.43. The van der Waals surface area contributed by atoms with Crippen LogP contribution in [0.1, 0.15) is 38.7 Å². The number of esters is 2. The molecule has 34 heavy (non-hydrogen) atoms. The molecule has 0 unspecified atom stereocenters. The Balaban J connectivity index is 2.08. The lowest BCUT2D eigenvalue weighted by molar-refractivity contribution is -0.151. The first-order chi connectivity index (χ1) is 16.2. The van der Waals surface area contributed by atoms with Crippen molar-refractivity contribution in [3.63, 3.8) is 0 Å². The second-order valence-electron chi connectivity index (χ2n) is 8.85. The summed E-state index contributed by atoms with van der Waals surface area (Å²) >= 11 is 0. The minimum Gasteiger partial charge on any atom is -0.468 e. The van der Waals surface area contributed by atoms with E-state index in [9.17, 15) is 14.4 Å². The van der Waals surface area contributed by atoms with Crippen molar-refractivity contribution >= 4 is 23.4 Å². The van der Waals surface area contributed by atoms with E-state index in [0.717, 1.165) is 16.9 Å². The molecule has 0 radical (unpaired) electrons. The Hall–Kier alpha value is -3.13. The summed E-state index contributed by atoms with van der Waals surface area (Å²) in [6.45, 7) is 6.47. The summed E-state index contributed by atoms with van der Waals surface area (Å²) in [5.41, 5.74) is 3.93. The van der Waals surface area contributed by atoms with Crippen LogP contribution in [-0.4, -0.2) is 58.7 Å². The molecule has 8 nitrogen and oxygen atoms in total. The smallest absolute Gasteiger partial charge is 0.336 e. The standard InChI is InChI=1S/C26H34N2O6/c1-7-33-12-13-34-26(31)21-16(3)27-19-14-15(2)20(25(30)32-6)24(29)23(19)22(21)17-8-10-18(11-9-17)28(4)5/h8-11,15,20,22,27H,7,12-14H2,1-6H3/t15-,20-,22+/m0/s1. The van der Waals surface area contributed by atoms with Gasteiger partial charge in [0.25, 0.3) is 0 Å². The van der Waals surface area contributed by atoms with Crippen LogP contribution in [0.2, 0.25) is 0 Å². The average molecular weight is 471 g/mol. The SMILES string of the molecule is CCOCCOC(=O)C1=C(C)NC2=C(C(=O)[C@@H](C(=O)OC)[C@@H](C)C2)[C@@H]1c1ccc(N(C)C)cc1. The van der Waals surface area contributed by atoms with E-state index in [2.05, 4.69) is 5.32 Å². The number of ketones is 1. The van der Waals surface area contributed by atoms with Crippen LogP contribution in [-0.2, 0) is 28.6 Å². The van der Waals surface area contributed by atoms with E-state index in [1.165, 1.54) is 7.11 Å². The number of allylic oxidation sites excluding steroid dienone is 3. The number of hydrogen-bond donors (Lipinski definition) is 1. The van der Waals surface area contributed by atoms with Crippen LogP contribution >= 0.6 is 0 Å². The summed E-state index contributed by atoms with van der Waals surface area (Å²) in [5.74, 6) is -3.18. The number of benzene rings is 1. The molecule has 0 bridgehead atoms. The molecule has 1 N–H and O–H groups in total. The van der Waals surface area contributed by atoms with Crippen LogP contribution in [0.15, 0.2) is 46.8 Å². The van der Waals surface area contributed by atoms with E-state index >= 15 is 0 Å². The van der Waals surface area contributed by atoms with E-state index in [4.69, 9.17) is 14.2 Å². The number of nitrogens with zero attached hydrogens (tertiary/aromatic N) is 1. The molecule has 0 amide bonds. The van der Waals surface area contributed by atoms with Crippen LogP contribution in [0.3, 0.4) is 0 Å². The number of carbonyl (C=O) groups excluding carboxylic acids is 3. The number of rotatable bonds is 8. The number of carbonyl (C=O) groups is 3. The molecule has 8 heteroatoms. The molecule has 184 valence electrons. The molecule has 1 aromatic rings. The van der Waals surface area contributed by atoms with Gasteiger partial charge in [-0.15, -0.1) is 0 Å². The van der Waals surface area contributed by atoms with E-state index < -0.39 is 23.8 Å². The molecule has 0 aromatic heterocycles. The van der Waals surface area contributed by atoms with Gasteiger partial charge < -0.3 is 24.4 Å². The van der Waals surface area contributed by atoms with E-state index in [0.29, 0.717) is 36.5 Å². The quantitative estimate of drug-likeness (QED) is 0.352. The summed E-state index contributed by atoms with van der Waals surface area (Å²) in [7, 11) is 5.17. The molecular weight excluding hydrogens is 436 g/mol. The fraction of sp³-hybridized carbons (Fsp3) is 0.500. The van der Waals surface area contributed by atoms with Crippen molar-refractivity contribution in [3.05, 3.63) is 52.4 Å². The van der Waals surface area contributed by atoms with Crippen LogP contribution in [0.5, 0.6) is 0 Å². The zero-order valence-corrected chi connectivity index (χ0v) is 20.8. The monoisotopic (exact) mass is 470 g/mol. The number of Topliss-reactive ketones (excluding diaryl/α,β-unsaturated/α-hetero) is 1. The number of ether oxygens (including phenoxy) is 3. The zero-order chi connectivity index (χ0) is 25.0. The Labute approximate surface area is 200 Å². The lowest BCUT2D eigenvalue weighted by Gasteiger charge is -2.38. The second kappa shape index (κ2) is 10.9. The van der Waals surface area contributed by atoms with Crippen LogP contribution in [0, 0.1) is 11.8 Å². The third-order valence-electron chi connectivity index (χ3n) is 6.37. The molecule has 0 saturated carbocycles. The minimum atomic E-state index is -0.914. The third kappa shape index (κ3) is 5.01. The van der Waals surface area contributed by atoms with Gasteiger partial charge in [-0.2, -0.15) is 0 Å². The first-order valence-electron chi connectivity index (χ1n) is 11.6. The predicted molar refractivity (Wildman–Crippen MR) is 128 cm³/mol. The fourth-order valence-corrected chi connectivity index (χ4v) is 4.66. The van der Waals surface area contributed by atoms with Gasteiger partial charge in [-0.05, 0) is 43.9 Å². The van der Waals surface area contributed by atoms with Crippen LogP contribution in [0.4, 0.5) is 5.69 Å². The first-order valence-corrected chi connectivity index (χ1v) is 11.6. The number of nitrogens with one attached hydrogen (secondary N) is 1. The molecule has 2 aliphatic rings.